The Labute approximate surface area is 68.2 Å². The van der Waals surface area contributed by atoms with Crippen molar-refractivity contribution < 1.29 is 0 Å². The minimum absolute atomic E-state index is 0. The molecule has 1 aromatic rings. The van der Waals surface area contributed by atoms with Gasteiger partial charge in [0.25, 0.3) is 0 Å². The fourth-order valence-electron chi connectivity index (χ4n) is 0.954. The Hall–Kier alpha value is -0.890. The van der Waals surface area contributed by atoms with Crippen LogP contribution in [0.15, 0.2) is 6.20 Å². The van der Waals surface area contributed by atoms with Gasteiger partial charge in [-0.15, -0.1) is 0 Å². The van der Waals surface area contributed by atoms with E-state index in [1.807, 2.05) is 13.1 Å². The molecule has 2 nitrogen and oxygen atoms in total. The summed E-state index contributed by atoms with van der Waals surface area (Å²) in [5.74, 6) is 0. The summed E-state index contributed by atoms with van der Waals surface area (Å²) in [6, 6.07) is 0. The van der Waals surface area contributed by atoms with Crippen molar-refractivity contribution in [2.45, 2.75) is 27.7 Å². The highest BCUT2D eigenvalue weighted by atomic mass is 14.7. The summed E-state index contributed by atoms with van der Waals surface area (Å²) in [4.78, 5) is 4.24. The summed E-state index contributed by atoms with van der Waals surface area (Å²) in [5, 5.41) is 0. The zero-order valence-corrected chi connectivity index (χ0v) is 7.73. The average molecular weight is 152 g/mol. The second kappa shape index (κ2) is 3.49. The van der Waals surface area contributed by atoms with Crippen LogP contribution < -0.4 is 6.15 Å². The molecule has 0 atom stereocenters. The van der Waals surface area contributed by atoms with Gasteiger partial charge in [-0.3, -0.25) is 4.98 Å². The normalized spacial score (nSPS) is 9.09. The molecule has 1 rings (SSSR count). The van der Waals surface area contributed by atoms with Crippen molar-refractivity contribution in [2.75, 3.05) is 0 Å². The maximum atomic E-state index is 4.24. The van der Waals surface area contributed by atoms with Crippen LogP contribution in [0.4, 0.5) is 0 Å². The van der Waals surface area contributed by atoms with Gasteiger partial charge in [0.15, 0.2) is 0 Å². The molecular weight excluding hydrogens is 136 g/mol. The lowest BCUT2D eigenvalue weighted by Crippen LogP contribution is -1.92. The van der Waals surface area contributed by atoms with Gasteiger partial charge in [0.05, 0.1) is 0 Å². The Morgan fingerprint density at radius 2 is 1.55 bits per heavy atom. The number of hydrogen-bond donors (Lipinski definition) is 1. The van der Waals surface area contributed by atoms with Crippen molar-refractivity contribution in [1.82, 2.24) is 11.1 Å². The zero-order valence-electron chi connectivity index (χ0n) is 7.73. The van der Waals surface area contributed by atoms with E-state index in [4.69, 9.17) is 0 Å². The van der Waals surface area contributed by atoms with Crippen LogP contribution in [0, 0.1) is 27.7 Å². The van der Waals surface area contributed by atoms with Gasteiger partial charge in [-0.2, -0.15) is 0 Å². The molecule has 11 heavy (non-hydrogen) atoms. The van der Waals surface area contributed by atoms with E-state index in [-0.39, 0.29) is 6.15 Å². The Morgan fingerprint density at radius 1 is 1.00 bits per heavy atom. The highest BCUT2D eigenvalue weighted by Gasteiger charge is 1.98. The van der Waals surface area contributed by atoms with Gasteiger partial charge in [-0.1, -0.05) is 0 Å². The van der Waals surface area contributed by atoms with Crippen LogP contribution in [0.25, 0.3) is 0 Å². The van der Waals surface area contributed by atoms with E-state index < -0.39 is 0 Å². The second-order valence-corrected chi connectivity index (χ2v) is 2.78. The third-order valence-electron chi connectivity index (χ3n) is 2.15. The van der Waals surface area contributed by atoms with E-state index in [1.165, 1.54) is 16.7 Å². The van der Waals surface area contributed by atoms with Gasteiger partial charge in [-0.05, 0) is 44.4 Å². The van der Waals surface area contributed by atoms with Crippen LogP contribution in [0.5, 0.6) is 0 Å². The van der Waals surface area contributed by atoms with Crippen molar-refractivity contribution in [2.24, 2.45) is 0 Å². The van der Waals surface area contributed by atoms with Gasteiger partial charge >= 0.3 is 0 Å². The third kappa shape index (κ3) is 1.77. The van der Waals surface area contributed by atoms with E-state index in [1.54, 1.807) is 0 Å². The number of pyridine rings is 1. The number of rotatable bonds is 0. The fourth-order valence-corrected chi connectivity index (χ4v) is 0.954. The molecule has 1 aromatic heterocycles. The van der Waals surface area contributed by atoms with E-state index in [2.05, 4.69) is 25.8 Å². The van der Waals surface area contributed by atoms with Crippen LogP contribution in [0.1, 0.15) is 22.4 Å². The molecule has 3 N–H and O–H groups in total. The summed E-state index contributed by atoms with van der Waals surface area (Å²) < 4.78 is 0. The Kier molecular flexibility index (Phi) is 3.20. The van der Waals surface area contributed by atoms with Gasteiger partial charge in [0.2, 0.25) is 0 Å². The van der Waals surface area contributed by atoms with Gasteiger partial charge < -0.3 is 6.15 Å². The number of hydrogen-bond acceptors (Lipinski definition) is 2. The van der Waals surface area contributed by atoms with Gasteiger partial charge in [-0.25, -0.2) is 0 Å². The van der Waals surface area contributed by atoms with Crippen molar-refractivity contribution in [3.8, 4) is 0 Å². The highest BCUT2D eigenvalue weighted by molar-refractivity contribution is 5.32. The lowest BCUT2D eigenvalue weighted by atomic mass is 10.1. The number of aromatic nitrogens is 1. The molecule has 0 unspecified atom stereocenters. The van der Waals surface area contributed by atoms with Gasteiger partial charge in [0.1, 0.15) is 0 Å². The van der Waals surface area contributed by atoms with Crippen molar-refractivity contribution in [3.05, 3.63) is 28.6 Å². The van der Waals surface area contributed by atoms with E-state index in [0.29, 0.717) is 0 Å². The first-order chi connectivity index (χ1) is 4.63. The van der Waals surface area contributed by atoms with Gasteiger partial charge in [0, 0.05) is 11.9 Å². The third-order valence-corrected chi connectivity index (χ3v) is 2.15. The molecule has 0 spiro atoms. The van der Waals surface area contributed by atoms with E-state index >= 15 is 0 Å². The largest absolute Gasteiger partial charge is 0.344 e. The molecule has 0 aliphatic carbocycles. The molecule has 0 saturated carbocycles. The molecule has 0 aliphatic rings. The van der Waals surface area contributed by atoms with Crippen LogP contribution >= 0.6 is 0 Å². The molecule has 0 amide bonds. The van der Waals surface area contributed by atoms with Crippen molar-refractivity contribution >= 4 is 0 Å². The molecule has 0 radical (unpaired) electrons. The minimum atomic E-state index is 0. The molecule has 0 fully saturated rings. The SMILES string of the molecule is Cc1cnc(C)c(C)c1C.N. The first-order valence-electron chi connectivity index (χ1n) is 3.52. The smallest absolute Gasteiger partial charge is 0.0404 e. The van der Waals surface area contributed by atoms with Crippen molar-refractivity contribution in [1.29, 1.82) is 0 Å². The lowest BCUT2D eigenvalue weighted by molar-refractivity contribution is 1.09. The van der Waals surface area contributed by atoms with Crippen LogP contribution in [-0.4, -0.2) is 4.98 Å². The Bertz CT molecular complexity index is 227. The Balaban J connectivity index is 0.000001000. The van der Waals surface area contributed by atoms with E-state index in [0.717, 1.165) is 5.69 Å². The molecule has 0 aliphatic heterocycles. The molecule has 1 heterocycles. The molecule has 0 aromatic carbocycles. The first-order valence-corrected chi connectivity index (χ1v) is 3.52. The van der Waals surface area contributed by atoms with Crippen LogP contribution in [0.3, 0.4) is 0 Å². The first kappa shape index (κ1) is 10.1. The summed E-state index contributed by atoms with van der Waals surface area (Å²) >= 11 is 0. The maximum Gasteiger partial charge on any atom is 0.0404 e. The topological polar surface area (TPSA) is 47.9 Å². The summed E-state index contributed by atoms with van der Waals surface area (Å²) in [7, 11) is 0. The van der Waals surface area contributed by atoms with Crippen LogP contribution in [0.2, 0.25) is 0 Å². The molecular formula is C9H16N2. The highest BCUT2D eigenvalue weighted by Crippen LogP contribution is 2.12. The zero-order chi connectivity index (χ0) is 7.72. The van der Waals surface area contributed by atoms with E-state index in [9.17, 15) is 0 Å². The molecule has 0 saturated heterocycles. The average Bonchev–Trinajstić information content (AvgIpc) is 1.93. The summed E-state index contributed by atoms with van der Waals surface area (Å²) in [6.45, 7) is 8.39. The quantitative estimate of drug-likeness (QED) is 0.620. The number of aryl methyl sites for hydroxylation is 2. The van der Waals surface area contributed by atoms with Crippen LogP contribution in [-0.2, 0) is 0 Å². The summed E-state index contributed by atoms with van der Waals surface area (Å²) in [5.41, 5.74) is 5.11. The minimum Gasteiger partial charge on any atom is -0.344 e. The van der Waals surface area contributed by atoms with Crippen molar-refractivity contribution in [3.63, 3.8) is 0 Å². The fraction of sp³-hybridized carbons (Fsp3) is 0.444. The monoisotopic (exact) mass is 152 g/mol. The predicted molar refractivity (Wildman–Crippen MR) is 48.2 cm³/mol. The molecule has 62 valence electrons. The number of nitrogens with zero attached hydrogens (tertiary/aromatic N) is 1. The molecule has 0 bridgehead atoms. The lowest BCUT2D eigenvalue weighted by Gasteiger charge is -2.05. The molecule has 2 heteroatoms. The standard InChI is InChI=1S/C9H13N.H3N/c1-6-5-10-9(4)8(3)7(6)2;/h5H,1-4H3;1H3. The Morgan fingerprint density at radius 3 is 2.00 bits per heavy atom. The maximum absolute atomic E-state index is 4.24. The second-order valence-electron chi connectivity index (χ2n) is 2.78. The predicted octanol–water partition coefficient (Wildman–Crippen LogP) is 2.48. The summed E-state index contributed by atoms with van der Waals surface area (Å²) in [6.07, 6.45) is 1.93.